The molecule has 1 fully saturated rings. The van der Waals surface area contributed by atoms with Crippen molar-refractivity contribution in [3.05, 3.63) is 51.9 Å². The maximum Gasteiger partial charge on any atom is 0.252 e. The number of carbonyl (C=O) groups excluding carboxylic acids is 1. The van der Waals surface area contributed by atoms with Crippen LogP contribution in [-0.4, -0.2) is 50.2 Å². The Hall–Kier alpha value is -1.45. The largest absolute Gasteiger partial charge is 0.351 e. The van der Waals surface area contributed by atoms with E-state index >= 15 is 0 Å². The van der Waals surface area contributed by atoms with Crippen molar-refractivity contribution >= 4 is 38.9 Å². The Morgan fingerprint density at radius 2 is 1.87 bits per heavy atom. The summed E-state index contributed by atoms with van der Waals surface area (Å²) >= 11 is 6.82. The molecule has 1 N–H and O–H groups in total. The first-order chi connectivity index (χ1) is 14.3. The molecule has 1 amide bonds. The van der Waals surface area contributed by atoms with E-state index in [2.05, 4.69) is 23.2 Å². The van der Waals surface area contributed by atoms with Gasteiger partial charge in [0.05, 0.1) is 10.9 Å². The number of likely N-dealkylation sites (tertiary alicyclic amines) is 1. The van der Waals surface area contributed by atoms with E-state index < -0.39 is 10.0 Å². The van der Waals surface area contributed by atoms with Crippen LogP contribution in [0.3, 0.4) is 0 Å². The zero-order chi connectivity index (χ0) is 21.7. The van der Waals surface area contributed by atoms with Crippen LogP contribution in [-0.2, 0) is 27.9 Å². The second-order valence-corrected chi connectivity index (χ2v) is 11.8. The first-order valence-electron chi connectivity index (χ1n) is 10.0. The number of hydrogen-bond donors (Lipinski definition) is 1. The lowest BCUT2D eigenvalue weighted by Gasteiger charge is -2.30. The van der Waals surface area contributed by atoms with Crippen molar-refractivity contribution in [1.29, 1.82) is 0 Å². The first-order valence-corrected chi connectivity index (χ1v) is 12.7. The normalized spacial score (nSPS) is 16.1. The smallest absolute Gasteiger partial charge is 0.252 e. The Morgan fingerprint density at radius 3 is 2.50 bits per heavy atom. The standard InChI is InChI=1S/C21H28ClN3O3S2/c1-16-9-11-25(12-10-16)14-18-6-4-3-5-17(18)13-23-20(26)15-24(2)30(27,28)21-8-7-19(22)29-21/h3-8,16H,9-15H2,1-2H3,(H,23,26). The van der Waals surface area contributed by atoms with Crippen LogP contribution in [0.4, 0.5) is 0 Å². The van der Waals surface area contributed by atoms with Gasteiger partial charge in [-0.2, -0.15) is 4.31 Å². The Balaban J connectivity index is 1.56. The van der Waals surface area contributed by atoms with E-state index in [4.69, 9.17) is 11.6 Å². The summed E-state index contributed by atoms with van der Waals surface area (Å²) in [6, 6.07) is 11.1. The summed E-state index contributed by atoms with van der Waals surface area (Å²) in [5, 5.41) is 2.86. The molecule has 0 bridgehead atoms. The molecule has 2 aromatic rings. The number of sulfonamides is 1. The lowest BCUT2D eigenvalue weighted by atomic mass is 9.98. The van der Waals surface area contributed by atoms with Crippen LogP contribution in [0.25, 0.3) is 0 Å². The summed E-state index contributed by atoms with van der Waals surface area (Å²) in [5.41, 5.74) is 2.25. The number of nitrogens with one attached hydrogen (secondary N) is 1. The molecule has 164 valence electrons. The average Bonchev–Trinajstić information content (AvgIpc) is 3.16. The number of halogens is 1. The molecule has 1 aromatic heterocycles. The van der Waals surface area contributed by atoms with Crippen LogP contribution in [0.15, 0.2) is 40.6 Å². The first kappa shape index (κ1) is 23.2. The minimum absolute atomic E-state index is 0.129. The van der Waals surface area contributed by atoms with Gasteiger partial charge in [0.2, 0.25) is 5.91 Å². The van der Waals surface area contributed by atoms with Crippen LogP contribution in [0.5, 0.6) is 0 Å². The molecular weight excluding hydrogens is 442 g/mol. The second kappa shape index (κ2) is 10.2. The predicted molar refractivity (Wildman–Crippen MR) is 121 cm³/mol. The van der Waals surface area contributed by atoms with Gasteiger partial charge < -0.3 is 5.32 Å². The minimum atomic E-state index is -3.73. The van der Waals surface area contributed by atoms with Gasteiger partial charge in [0, 0.05) is 20.1 Å². The van der Waals surface area contributed by atoms with Gasteiger partial charge in [-0.3, -0.25) is 9.69 Å². The number of rotatable bonds is 8. The molecule has 1 aromatic carbocycles. The summed E-state index contributed by atoms with van der Waals surface area (Å²) in [5.74, 6) is 0.444. The molecule has 2 heterocycles. The molecule has 0 unspecified atom stereocenters. The third-order valence-corrected chi connectivity index (χ3v) is 8.95. The van der Waals surface area contributed by atoms with Gasteiger partial charge in [0.25, 0.3) is 10.0 Å². The highest BCUT2D eigenvalue weighted by atomic mass is 35.5. The number of nitrogens with zero attached hydrogens (tertiary/aromatic N) is 2. The molecule has 1 aliphatic rings. The van der Waals surface area contributed by atoms with Crippen molar-refractivity contribution in [2.45, 2.75) is 37.1 Å². The van der Waals surface area contributed by atoms with E-state index in [-0.39, 0.29) is 16.7 Å². The maximum atomic E-state index is 12.5. The van der Waals surface area contributed by atoms with Crippen LogP contribution in [0, 0.1) is 5.92 Å². The lowest BCUT2D eigenvalue weighted by Crippen LogP contribution is -2.38. The zero-order valence-corrected chi connectivity index (χ0v) is 19.7. The Morgan fingerprint density at radius 1 is 1.20 bits per heavy atom. The van der Waals surface area contributed by atoms with Gasteiger partial charge >= 0.3 is 0 Å². The fourth-order valence-electron chi connectivity index (χ4n) is 3.47. The Kier molecular flexibility index (Phi) is 7.92. The monoisotopic (exact) mass is 469 g/mol. The fourth-order valence-corrected chi connectivity index (χ4v) is 6.29. The molecule has 0 atom stereocenters. The molecule has 1 saturated heterocycles. The summed E-state index contributed by atoms with van der Waals surface area (Å²) in [6.07, 6.45) is 2.43. The highest BCUT2D eigenvalue weighted by Crippen LogP contribution is 2.27. The molecule has 9 heteroatoms. The number of piperidine rings is 1. The summed E-state index contributed by atoms with van der Waals surface area (Å²) in [6.45, 7) is 5.48. The number of amides is 1. The van der Waals surface area contributed by atoms with Gasteiger partial charge in [0.15, 0.2) is 0 Å². The van der Waals surface area contributed by atoms with E-state index in [1.54, 1.807) is 0 Å². The van der Waals surface area contributed by atoms with Gasteiger partial charge in [-0.1, -0.05) is 42.8 Å². The van der Waals surface area contributed by atoms with Gasteiger partial charge in [-0.15, -0.1) is 11.3 Å². The van der Waals surface area contributed by atoms with Gasteiger partial charge in [-0.05, 0) is 55.1 Å². The van der Waals surface area contributed by atoms with Crippen LogP contribution in [0.2, 0.25) is 4.34 Å². The summed E-state index contributed by atoms with van der Waals surface area (Å²) in [4.78, 5) is 14.8. The van der Waals surface area contributed by atoms with E-state index in [0.29, 0.717) is 10.9 Å². The highest BCUT2D eigenvalue weighted by Gasteiger charge is 2.24. The molecule has 6 nitrogen and oxygen atoms in total. The minimum Gasteiger partial charge on any atom is -0.351 e. The van der Waals surface area contributed by atoms with E-state index in [9.17, 15) is 13.2 Å². The van der Waals surface area contributed by atoms with Crippen LogP contribution < -0.4 is 5.32 Å². The van der Waals surface area contributed by atoms with Gasteiger partial charge in [0.1, 0.15) is 4.21 Å². The van der Waals surface area contributed by atoms with Crippen molar-refractivity contribution < 1.29 is 13.2 Å². The molecule has 0 saturated carbocycles. The average molecular weight is 470 g/mol. The SMILES string of the molecule is CC1CCN(Cc2ccccc2CNC(=O)CN(C)S(=O)(=O)c2ccc(Cl)s2)CC1. The van der Waals surface area contributed by atoms with E-state index in [1.165, 1.54) is 37.6 Å². The molecule has 1 aliphatic heterocycles. The molecule has 3 rings (SSSR count). The number of benzene rings is 1. The fraction of sp³-hybridized carbons (Fsp3) is 0.476. The van der Waals surface area contributed by atoms with Crippen molar-refractivity contribution in [2.24, 2.45) is 5.92 Å². The highest BCUT2D eigenvalue weighted by molar-refractivity contribution is 7.91. The number of hydrogen-bond acceptors (Lipinski definition) is 5. The molecular formula is C21H28ClN3O3S2. The quantitative estimate of drug-likeness (QED) is 0.641. The summed E-state index contributed by atoms with van der Waals surface area (Å²) < 4.78 is 26.7. The van der Waals surface area contributed by atoms with Gasteiger partial charge in [-0.25, -0.2) is 8.42 Å². The number of likely N-dealkylation sites (N-methyl/N-ethyl adjacent to an activating group) is 1. The van der Waals surface area contributed by atoms with Crippen molar-refractivity contribution in [1.82, 2.24) is 14.5 Å². The molecule has 0 aliphatic carbocycles. The van der Waals surface area contributed by atoms with Crippen molar-refractivity contribution in [3.8, 4) is 0 Å². The van der Waals surface area contributed by atoms with Crippen LogP contribution >= 0.6 is 22.9 Å². The third kappa shape index (κ3) is 6.04. The summed E-state index contributed by atoms with van der Waals surface area (Å²) in [7, 11) is -2.33. The zero-order valence-electron chi connectivity index (χ0n) is 17.3. The topological polar surface area (TPSA) is 69.7 Å². The maximum absolute atomic E-state index is 12.5. The van der Waals surface area contributed by atoms with Crippen LogP contribution in [0.1, 0.15) is 30.9 Å². The number of carbonyl (C=O) groups is 1. The third-order valence-electron chi connectivity index (χ3n) is 5.44. The molecule has 30 heavy (non-hydrogen) atoms. The Bertz CT molecular complexity index is 969. The van der Waals surface area contributed by atoms with Crippen molar-refractivity contribution in [3.63, 3.8) is 0 Å². The Labute approximate surface area is 187 Å². The molecule has 0 radical (unpaired) electrons. The van der Waals surface area contributed by atoms with Crippen molar-refractivity contribution in [2.75, 3.05) is 26.7 Å². The lowest BCUT2D eigenvalue weighted by molar-refractivity contribution is -0.121. The van der Waals surface area contributed by atoms with E-state index in [0.717, 1.165) is 46.8 Å². The number of thiophene rings is 1. The van der Waals surface area contributed by atoms with E-state index in [1.807, 2.05) is 18.2 Å². The molecule has 0 spiro atoms. The predicted octanol–water partition coefficient (Wildman–Crippen LogP) is 3.57. The second-order valence-electron chi connectivity index (χ2n) is 7.82.